The van der Waals surface area contributed by atoms with E-state index in [1.54, 1.807) is 0 Å². The van der Waals surface area contributed by atoms with E-state index >= 15 is 0 Å². The quantitative estimate of drug-likeness (QED) is 0.926. The van der Waals surface area contributed by atoms with Crippen LogP contribution in [0, 0.1) is 0 Å². The number of para-hydroxylation sites is 1. The highest BCUT2D eigenvalue weighted by Gasteiger charge is 2.28. The normalized spacial score (nSPS) is 20.8. The van der Waals surface area contributed by atoms with Crippen molar-refractivity contribution < 1.29 is 4.79 Å². The molecular formula is C18H23N3O. The number of rotatable bonds is 2. The zero-order valence-electron chi connectivity index (χ0n) is 12.9. The van der Waals surface area contributed by atoms with Gasteiger partial charge in [-0.1, -0.05) is 31.0 Å². The van der Waals surface area contributed by atoms with Crippen LogP contribution in [0.3, 0.4) is 0 Å². The Bertz CT molecular complexity index is 631. The summed E-state index contributed by atoms with van der Waals surface area (Å²) in [6, 6.07) is 10.8. The summed E-state index contributed by atoms with van der Waals surface area (Å²) in [5.74, 6) is 0.141. The van der Waals surface area contributed by atoms with Gasteiger partial charge in [0.15, 0.2) is 0 Å². The monoisotopic (exact) mass is 297 g/mol. The molecule has 2 aromatic rings. The van der Waals surface area contributed by atoms with E-state index in [-0.39, 0.29) is 5.91 Å². The Morgan fingerprint density at radius 2 is 1.77 bits per heavy atom. The van der Waals surface area contributed by atoms with Gasteiger partial charge in [0.1, 0.15) is 5.69 Å². The number of fused-ring (bicyclic) bond motifs is 1. The first kappa shape index (κ1) is 13.8. The third-order valence-electron chi connectivity index (χ3n) is 5.20. The van der Waals surface area contributed by atoms with Crippen molar-refractivity contribution in [2.24, 2.45) is 0 Å². The van der Waals surface area contributed by atoms with Crippen molar-refractivity contribution in [3.63, 3.8) is 0 Å². The minimum absolute atomic E-state index is 0.141. The lowest BCUT2D eigenvalue weighted by Crippen LogP contribution is -2.51. The number of piperazine rings is 1. The second-order valence-electron chi connectivity index (χ2n) is 6.54. The Kier molecular flexibility index (Phi) is 3.62. The van der Waals surface area contributed by atoms with E-state index in [4.69, 9.17) is 0 Å². The molecule has 0 bridgehead atoms. The van der Waals surface area contributed by atoms with Gasteiger partial charge in [0, 0.05) is 43.1 Å². The average Bonchev–Trinajstić information content (AvgIpc) is 3.23. The molecule has 1 aromatic carbocycles. The number of hydrogen-bond acceptors (Lipinski definition) is 2. The van der Waals surface area contributed by atoms with Gasteiger partial charge in [0.05, 0.1) is 0 Å². The lowest BCUT2D eigenvalue weighted by molar-refractivity contribution is 0.0569. The van der Waals surface area contributed by atoms with E-state index in [0.29, 0.717) is 0 Å². The fourth-order valence-electron chi connectivity index (χ4n) is 3.92. The summed E-state index contributed by atoms with van der Waals surface area (Å²) in [4.78, 5) is 20.5. The van der Waals surface area contributed by atoms with Crippen LogP contribution in [0.4, 0.5) is 0 Å². The van der Waals surface area contributed by atoms with E-state index in [1.807, 2.05) is 35.2 Å². The molecule has 1 aliphatic carbocycles. The largest absolute Gasteiger partial charge is 0.351 e. The minimum Gasteiger partial charge on any atom is -0.351 e. The van der Waals surface area contributed by atoms with Gasteiger partial charge in [-0.3, -0.25) is 9.69 Å². The summed E-state index contributed by atoms with van der Waals surface area (Å²) in [7, 11) is 0. The molecule has 1 amide bonds. The summed E-state index contributed by atoms with van der Waals surface area (Å²) < 4.78 is 0. The fraction of sp³-hybridized carbons (Fsp3) is 0.500. The molecule has 1 aromatic heterocycles. The molecule has 0 unspecified atom stereocenters. The summed E-state index contributed by atoms with van der Waals surface area (Å²) in [5, 5.41) is 1.11. The van der Waals surface area contributed by atoms with Crippen molar-refractivity contribution in [1.29, 1.82) is 0 Å². The summed E-state index contributed by atoms with van der Waals surface area (Å²) in [6.07, 6.45) is 5.43. The Morgan fingerprint density at radius 3 is 2.50 bits per heavy atom. The van der Waals surface area contributed by atoms with Crippen LogP contribution in [0.1, 0.15) is 36.2 Å². The Morgan fingerprint density at radius 1 is 1.05 bits per heavy atom. The molecule has 0 radical (unpaired) electrons. The molecule has 22 heavy (non-hydrogen) atoms. The average molecular weight is 297 g/mol. The first-order valence-corrected chi connectivity index (χ1v) is 8.42. The lowest BCUT2D eigenvalue weighted by Gasteiger charge is -2.37. The number of amides is 1. The van der Waals surface area contributed by atoms with E-state index in [0.717, 1.165) is 48.8 Å². The second-order valence-corrected chi connectivity index (χ2v) is 6.54. The SMILES string of the molecule is O=C(c1cc2ccccc2[nH]1)N1CCN(C2CCCC2)CC1. The van der Waals surface area contributed by atoms with Gasteiger partial charge in [-0.25, -0.2) is 0 Å². The van der Waals surface area contributed by atoms with Crippen LogP contribution in [0.5, 0.6) is 0 Å². The Balaban J connectivity index is 1.43. The maximum absolute atomic E-state index is 12.7. The van der Waals surface area contributed by atoms with E-state index in [1.165, 1.54) is 25.7 Å². The van der Waals surface area contributed by atoms with Gasteiger partial charge >= 0.3 is 0 Å². The van der Waals surface area contributed by atoms with Crippen molar-refractivity contribution in [3.05, 3.63) is 36.0 Å². The predicted molar refractivity (Wildman–Crippen MR) is 88.0 cm³/mol. The highest BCUT2D eigenvalue weighted by Crippen LogP contribution is 2.24. The number of aromatic nitrogens is 1. The smallest absolute Gasteiger partial charge is 0.270 e. The second kappa shape index (κ2) is 5.76. The van der Waals surface area contributed by atoms with Crippen LogP contribution in [0.25, 0.3) is 10.9 Å². The van der Waals surface area contributed by atoms with Gasteiger partial charge in [0.25, 0.3) is 5.91 Å². The van der Waals surface area contributed by atoms with Crippen molar-refractivity contribution in [2.75, 3.05) is 26.2 Å². The molecule has 4 rings (SSSR count). The molecule has 4 nitrogen and oxygen atoms in total. The van der Waals surface area contributed by atoms with Crippen LogP contribution in [0.15, 0.2) is 30.3 Å². The lowest BCUT2D eigenvalue weighted by atomic mass is 10.1. The molecule has 0 spiro atoms. The number of H-pyrrole nitrogens is 1. The van der Waals surface area contributed by atoms with Gasteiger partial charge in [-0.2, -0.15) is 0 Å². The first-order valence-electron chi connectivity index (χ1n) is 8.42. The van der Waals surface area contributed by atoms with Crippen molar-refractivity contribution in [2.45, 2.75) is 31.7 Å². The third kappa shape index (κ3) is 2.52. The Hall–Kier alpha value is -1.81. The molecular weight excluding hydrogens is 274 g/mol. The number of hydrogen-bond donors (Lipinski definition) is 1. The summed E-state index contributed by atoms with van der Waals surface area (Å²) >= 11 is 0. The molecule has 1 aliphatic heterocycles. The number of nitrogens with zero attached hydrogens (tertiary/aromatic N) is 2. The number of carbonyl (C=O) groups excluding carboxylic acids is 1. The van der Waals surface area contributed by atoms with Crippen LogP contribution in [-0.2, 0) is 0 Å². The van der Waals surface area contributed by atoms with Gasteiger partial charge in [0.2, 0.25) is 0 Å². The zero-order chi connectivity index (χ0) is 14.9. The third-order valence-corrected chi connectivity index (χ3v) is 5.20. The van der Waals surface area contributed by atoms with Crippen molar-refractivity contribution in [3.8, 4) is 0 Å². The van der Waals surface area contributed by atoms with Crippen LogP contribution in [0.2, 0.25) is 0 Å². The highest BCUT2D eigenvalue weighted by molar-refractivity contribution is 5.98. The van der Waals surface area contributed by atoms with Crippen LogP contribution in [-0.4, -0.2) is 52.9 Å². The molecule has 116 valence electrons. The minimum atomic E-state index is 0.141. The van der Waals surface area contributed by atoms with Crippen molar-refractivity contribution in [1.82, 2.24) is 14.8 Å². The van der Waals surface area contributed by atoms with Gasteiger partial charge < -0.3 is 9.88 Å². The molecule has 4 heteroatoms. The molecule has 2 fully saturated rings. The molecule has 1 saturated carbocycles. The number of benzene rings is 1. The maximum atomic E-state index is 12.7. The number of nitrogens with one attached hydrogen (secondary N) is 1. The van der Waals surface area contributed by atoms with E-state index in [2.05, 4.69) is 9.88 Å². The summed E-state index contributed by atoms with van der Waals surface area (Å²) in [6.45, 7) is 3.75. The van der Waals surface area contributed by atoms with E-state index < -0.39 is 0 Å². The fourth-order valence-corrected chi connectivity index (χ4v) is 3.92. The standard InChI is InChI=1S/C18H23N3O/c22-18(17-13-14-5-1-4-8-16(14)19-17)21-11-9-20(10-12-21)15-6-2-3-7-15/h1,4-5,8,13,15,19H,2-3,6-7,9-12H2. The molecule has 2 aliphatic rings. The highest BCUT2D eigenvalue weighted by atomic mass is 16.2. The topological polar surface area (TPSA) is 39.3 Å². The molecule has 1 saturated heterocycles. The predicted octanol–water partition coefficient (Wildman–Crippen LogP) is 2.87. The van der Waals surface area contributed by atoms with Crippen LogP contribution < -0.4 is 0 Å². The zero-order valence-corrected chi connectivity index (χ0v) is 12.9. The molecule has 1 N–H and O–H groups in total. The number of carbonyl (C=O) groups is 1. The van der Waals surface area contributed by atoms with Crippen molar-refractivity contribution >= 4 is 16.8 Å². The van der Waals surface area contributed by atoms with Gasteiger partial charge in [-0.15, -0.1) is 0 Å². The first-order chi connectivity index (χ1) is 10.8. The van der Waals surface area contributed by atoms with Crippen LogP contribution >= 0.6 is 0 Å². The Labute approximate surface area is 131 Å². The summed E-state index contributed by atoms with van der Waals surface area (Å²) in [5.41, 5.74) is 1.76. The number of aromatic amines is 1. The maximum Gasteiger partial charge on any atom is 0.270 e. The molecule has 2 heterocycles. The van der Waals surface area contributed by atoms with E-state index in [9.17, 15) is 4.79 Å². The van der Waals surface area contributed by atoms with Gasteiger partial charge in [-0.05, 0) is 25.0 Å². The molecule has 0 atom stereocenters.